The first kappa shape index (κ1) is 17.9. The molecule has 0 radical (unpaired) electrons. The van der Waals surface area contributed by atoms with E-state index in [1.165, 1.54) is 0 Å². The topological polar surface area (TPSA) is 80.5 Å². The molecular formula is C17H24N4O3. The Balaban J connectivity index is 1.82. The molecule has 0 fully saturated rings. The molecule has 1 aromatic heterocycles. The molecule has 1 N–H and O–H groups in total. The number of hydrogen-bond donors (Lipinski definition) is 1. The summed E-state index contributed by atoms with van der Waals surface area (Å²) in [6, 6.07) is 7.47. The number of nitrogens with one attached hydrogen (secondary N) is 1. The molecule has 0 aliphatic rings. The molecule has 1 aromatic carbocycles. The van der Waals surface area contributed by atoms with Crippen LogP contribution in [0.1, 0.15) is 18.7 Å². The van der Waals surface area contributed by atoms with Gasteiger partial charge < -0.3 is 19.5 Å². The van der Waals surface area contributed by atoms with Crippen LogP contribution < -0.4 is 10.1 Å². The van der Waals surface area contributed by atoms with Crippen molar-refractivity contribution in [3.05, 3.63) is 30.2 Å². The van der Waals surface area contributed by atoms with Crippen LogP contribution in [0.5, 0.6) is 5.75 Å². The predicted octanol–water partition coefficient (Wildman–Crippen LogP) is 1.75. The van der Waals surface area contributed by atoms with Gasteiger partial charge in [-0.1, -0.05) is 5.16 Å². The normalized spacial score (nSPS) is 10.6. The molecule has 0 saturated carbocycles. The highest BCUT2D eigenvalue weighted by molar-refractivity contribution is 5.75. The molecule has 24 heavy (non-hydrogen) atoms. The van der Waals surface area contributed by atoms with Crippen molar-refractivity contribution in [1.82, 2.24) is 20.4 Å². The minimum Gasteiger partial charge on any atom is -0.497 e. The minimum atomic E-state index is 0.125. The van der Waals surface area contributed by atoms with Crippen LogP contribution in [0.3, 0.4) is 0 Å². The number of carbonyl (C=O) groups excluding carboxylic acids is 1. The van der Waals surface area contributed by atoms with Gasteiger partial charge in [0.2, 0.25) is 17.6 Å². The van der Waals surface area contributed by atoms with Crippen LogP contribution in [0.2, 0.25) is 0 Å². The van der Waals surface area contributed by atoms with Crippen LogP contribution in [0.15, 0.2) is 28.8 Å². The zero-order valence-electron chi connectivity index (χ0n) is 14.4. The van der Waals surface area contributed by atoms with Crippen molar-refractivity contribution in [1.29, 1.82) is 0 Å². The molecule has 7 heteroatoms. The zero-order chi connectivity index (χ0) is 17.4. The van der Waals surface area contributed by atoms with E-state index in [2.05, 4.69) is 15.5 Å². The summed E-state index contributed by atoms with van der Waals surface area (Å²) in [7, 11) is 5.31. The molecule has 0 spiro atoms. The third-order valence-corrected chi connectivity index (χ3v) is 3.72. The Morgan fingerprint density at radius 3 is 2.75 bits per heavy atom. The van der Waals surface area contributed by atoms with Gasteiger partial charge in [0, 0.05) is 38.5 Å². The first-order chi connectivity index (χ1) is 11.6. The van der Waals surface area contributed by atoms with E-state index in [0.717, 1.165) is 17.9 Å². The van der Waals surface area contributed by atoms with Gasteiger partial charge in [0.25, 0.3) is 0 Å². The van der Waals surface area contributed by atoms with Gasteiger partial charge in [-0.3, -0.25) is 4.79 Å². The summed E-state index contributed by atoms with van der Waals surface area (Å²) in [5, 5.41) is 7.01. The van der Waals surface area contributed by atoms with Crippen molar-refractivity contribution >= 4 is 5.91 Å². The zero-order valence-corrected chi connectivity index (χ0v) is 14.4. The molecule has 2 aromatic rings. The fourth-order valence-corrected chi connectivity index (χ4v) is 2.20. The van der Waals surface area contributed by atoms with Crippen LogP contribution in [-0.2, 0) is 11.2 Å². The van der Waals surface area contributed by atoms with Crippen LogP contribution >= 0.6 is 0 Å². The number of aromatic nitrogens is 2. The number of benzene rings is 1. The number of hydrogen-bond acceptors (Lipinski definition) is 6. The van der Waals surface area contributed by atoms with Crippen LogP contribution in [0.4, 0.5) is 0 Å². The van der Waals surface area contributed by atoms with Crippen molar-refractivity contribution in [3.8, 4) is 17.1 Å². The molecule has 7 nitrogen and oxygen atoms in total. The largest absolute Gasteiger partial charge is 0.497 e. The average Bonchev–Trinajstić information content (AvgIpc) is 3.08. The van der Waals surface area contributed by atoms with E-state index in [4.69, 9.17) is 9.26 Å². The Kier molecular flexibility index (Phi) is 6.74. The van der Waals surface area contributed by atoms with E-state index in [9.17, 15) is 4.79 Å². The van der Waals surface area contributed by atoms with E-state index in [1.54, 1.807) is 12.0 Å². The second kappa shape index (κ2) is 9.02. The van der Waals surface area contributed by atoms with E-state index < -0.39 is 0 Å². The maximum atomic E-state index is 11.9. The lowest BCUT2D eigenvalue weighted by Crippen LogP contribution is -2.32. The summed E-state index contributed by atoms with van der Waals surface area (Å²) >= 11 is 0. The van der Waals surface area contributed by atoms with Crippen molar-refractivity contribution in [2.75, 3.05) is 34.3 Å². The third-order valence-electron chi connectivity index (χ3n) is 3.72. The summed E-state index contributed by atoms with van der Waals surface area (Å²) in [6.45, 7) is 1.49. The molecule has 0 saturated heterocycles. The molecular weight excluding hydrogens is 308 g/mol. The smallest absolute Gasteiger partial charge is 0.226 e. The molecule has 0 aliphatic heterocycles. The Bertz CT molecular complexity index is 640. The van der Waals surface area contributed by atoms with E-state index in [-0.39, 0.29) is 5.91 Å². The maximum absolute atomic E-state index is 11.9. The van der Waals surface area contributed by atoms with E-state index in [1.807, 2.05) is 38.4 Å². The molecule has 1 heterocycles. The first-order valence-electron chi connectivity index (χ1n) is 7.99. The third kappa shape index (κ3) is 5.06. The van der Waals surface area contributed by atoms with Crippen molar-refractivity contribution in [2.24, 2.45) is 0 Å². The Morgan fingerprint density at radius 1 is 1.33 bits per heavy atom. The number of ether oxygens (including phenoxy) is 1. The number of aryl methyl sites for hydroxylation is 1. The highest BCUT2D eigenvalue weighted by Gasteiger charge is 2.11. The molecule has 0 bridgehead atoms. The van der Waals surface area contributed by atoms with Gasteiger partial charge in [0.1, 0.15) is 5.75 Å². The highest BCUT2D eigenvalue weighted by atomic mass is 16.5. The van der Waals surface area contributed by atoms with Gasteiger partial charge in [0.05, 0.1) is 7.11 Å². The van der Waals surface area contributed by atoms with Crippen LogP contribution in [0, 0.1) is 0 Å². The summed E-state index contributed by atoms with van der Waals surface area (Å²) in [4.78, 5) is 18.0. The number of likely N-dealkylation sites (N-methyl/N-ethyl adjacent to an activating group) is 2. The van der Waals surface area contributed by atoms with Crippen molar-refractivity contribution in [2.45, 2.75) is 19.3 Å². The van der Waals surface area contributed by atoms with Gasteiger partial charge in [-0.05, 0) is 37.7 Å². The standard InChI is InChI=1S/C17H24N4O3/c1-18-11-12-21(2)16(22)6-4-5-15-19-17(20-24-15)13-7-9-14(23-3)10-8-13/h7-10,18H,4-6,11-12H2,1-3H3. The van der Waals surface area contributed by atoms with Gasteiger partial charge in [0.15, 0.2) is 0 Å². The van der Waals surface area contributed by atoms with Crippen molar-refractivity contribution in [3.63, 3.8) is 0 Å². The lowest BCUT2D eigenvalue weighted by Gasteiger charge is -2.16. The summed E-state index contributed by atoms with van der Waals surface area (Å²) in [5.74, 6) is 2.00. The Hall–Kier alpha value is -2.41. The number of amides is 1. The fourth-order valence-electron chi connectivity index (χ4n) is 2.20. The van der Waals surface area contributed by atoms with E-state index >= 15 is 0 Å². The van der Waals surface area contributed by atoms with Gasteiger partial charge >= 0.3 is 0 Å². The molecule has 130 valence electrons. The van der Waals surface area contributed by atoms with Crippen LogP contribution in [0.25, 0.3) is 11.4 Å². The lowest BCUT2D eigenvalue weighted by molar-refractivity contribution is -0.129. The monoisotopic (exact) mass is 332 g/mol. The lowest BCUT2D eigenvalue weighted by atomic mass is 10.2. The first-order valence-corrected chi connectivity index (χ1v) is 7.99. The van der Waals surface area contributed by atoms with Gasteiger partial charge in [-0.25, -0.2) is 0 Å². The quantitative estimate of drug-likeness (QED) is 0.753. The summed E-state index contributed by atoms with van der Waals surface area (Å²) in [6.07, 6.45) is 1.75. The molecule has 2 rings (SSSR count). The van der Waals surface area contributed by atoms with Crippen LogP contribution in [-0.4, -0.2) is 55.2 Å². The molecule has 0 aliphatic carbocycles. The Labute approximate surface area is 142 Å². The second-order valence-electron chi connectivity index (χ2n) is 5.51. The SMILES string of the molecule is CNCCN(C)C(=O)CCCc1nc(-c2ccc(OC)cc2)no1. The molecule has 1 amide bonds. The number of carbonyl (C=O) groups is 1. The number of methoxy groups -OCH3 is 1. The van der Waals surface area contributed by atoms with Gasteiger partial charge in [-0.2, -0.15) is 4.98 Å². The fraction of sp³-hybridized carbons (Fsp3) is 0.471. The number of nitrogens with zero attached hydrogens (tertiary/aromatic N) is 3. The average molecular weight is 332 g/mol. The summed E-state index contributed by atoms with van der Waals surface area (Å²) < 4.78 is 10.4. The molecule has 0 unspecified atom stereocenters. The Morgan fingerprint density at radius 2 is 2.08 bits per heavy atom. The molecule has 0 atom stereocenters. The summed E-state index contributed by atoms with van der Waals surface area (Å²) in [5.41, 5.74) is 0.869. The number of rotatable bonds is 9. The minimum absolute atomic E-state index is 0.125. The van der Waals surface area contributed by atoms with Gasteiger partial charge in [-0.15, -0.1) is 0 Å². The van der Waals surface area contributed by atoms with E-state index in [0.29, 0.717) is 37.5 Å². The van der Waals surface area contributed by atoms with Crippen molar-refractivity contribution < 1.29 is 14.1 Å². The second-order valence-corrected chi connectivity index (χ2v) is 5.51. The highest BCUT2D eigenvalue weighted by Crippen LogP contribution is 2.20. The predicted molar refractivity (Wildman–Crippen MR) is 90.8 cm³/mol. The maximum Gasteiger partial charge on any atom is 0.226 e.